The highest BCUT2D eigenvalue weighted by molar-refractivity contribution is 5.89. The molecule has 0 saturated carbocycles. The summed E-state index contributed by atoms with van der Waals surface area (Å²) in [5.41, 5.74) is 2.74. The summed E-state index contributed by atoms with van der Waals surface area (Å²) in [6.07, 6.45) is -1.19. The Morgan fingerprint density at radius 3 is 2.64 bits per heavy atom. The van der Waals surface area contributed by atoms with E-state index in [-0.39, 0.29) is 17.0 Å². The van der Waals surface area contributed by atoms with E-state index in [2.05, 4.69) is 15.0 Å². The van der Waals surface area contributed by atoms with E-state index in [1.807, 2.05) is 0 Å². The number of carbonyl (C=O) groups excluding carboxylic acids is 1. The quantitative estimate of drug-likeness (QED) is 0.813. The maximum atomic E-state index is 13.3. The lowest BCUT2D eigenvalue weighted by molar-refractivity contribution is -0.146. The molecule has 2 rings (SSSR count). The van der Waals surface area contributed by atoms with Gasteiger partial charge in [-0.1, -0.05) is 0 Å². The van der Waals surface area contributed by atoms with Gasteiger partial charge in [-0.25, -0.2) is 4.79 Å². The van der Waals surface area contributed by atoms with Crippen molar-refractivity contribution in [3.63, 3.8) is 0 Å². The molecule has 1 aromatic rings. The minimum atomic E-state index is -4.64. The number of carbonyl (C=O) groups is 1. The number of dihydropyridines is 1. The zero-order valence-electron chi connectivity index (χ0n) is 11.9. The summed E-state index contributed by atoms with van der Waals surface area (Å²) in [5.74, 6) is -0.788. The highest BCUT2D eigenvalue weighted by atomic mass is 19.4. The first-order valence-electron chi connectivity index (χ1n) is 6.26. The van der Waals surface area contributed by atoms with Crippen molar-refractivity contribution >= 4 is 11.7 Å². The number of nitrogens with two attached hydrogens (primary N) is 1. The number of nitrogens with one attached hydrogen (secondary N) is 1. The van der Waals surface area contributed by atoms with Crippen LogP contribution in [0.3, 0.4) is 0 Å². The minimum Gasteiger partial charge on any atom is -0.467 e. The Kier molecular flexibility index (Phi) is 3.87. The molecule has 0 aromatic carbocycles. The molecule has 0 aliphatic carbocycles. The molecule has 1 unspecified atom stereocenters. The standard InChI is InChI=1S/C14H14F3N3O2/c1-13(12(21)22-2)10(18)6-9(14(15,16)17)11(20-13)8-4-3-5-19-7-8/h3-7,20H,18H2,1-2H3. The zero-order chi connectivity index (χ0) is 16.5. The van der Waals surface area contributed by atoms with Crippen LogP contribution < -0.4 is 11.1 Å². The van der Waals surface area contributed by atoms with Gasteiger partial charge in [0.25, 0.3) is 0 Å². The molecule has 118 valence electrons. The van der Waals surface area contributed by atoms with Crippen LogP contribution in [0, 0.1) is 0 Å². The molecule has 1 aliphatic heterocycles. The van der Waals surface area contributed by atoms with Crippen LogP contribution in [-0.4, -0.2) is 29.8 Å². The first-order chi connectivity index (χ1) is 10.2. The molecule has 0 radical (unpaired) electrons. The number of halogens is 3. The second kappa shape index (κ2) is 5.36. The Balaban J connectivity index is 2.64. The van der Waals surface area contributed by atoms with Gasteiger partial charge in [-0.3, -0.25) is 4.98 Å². The highest BCUT2D eigenvalue weighted by Gasteiger charge is 2.46. The predicted molar refractivity (Wildman–Crippen MR) is 73.0 cm³/mol. The van der Waals surface area contributed by atoms with E-state index < -0.39 is 23.3 Å². The monoisotopic (exact) mass is 313 g/mol. The number of aromatic nitrogens is 1. The van der Waals surface area contributed by atoms with E-state index in [0.717, 1.165) is 13.2 Å². The van der Waals surface area contributed by atoms with Gasteiger partial charge in [-0.05, 0) is 25.1 Å². The van der Waals surface area contributed by atoms with Crippen LogP contribution in [0.25, 0.3) is 5.70 Å². The lowest BCUT2D eigenvalue weighted by Crippen LogP contribution is -2.55. The predicted octanol–water partition coefficient (Wildman–Crippen LogP) is 1.73. The maximum absolute atomic E-state index is 13.3. The van der Waals surface area contributed by atoms with Crippen LogP contribution in [0.15, 0.2) is 41.9 Å². The number of hydrogen-bond acceptors (Lipinski definition) is 5. The van der Waals surface area contributed by atoms with Gasteiger partial charge in [0, 0.05) is 23.7 Å². The number of esters is 1. The Bertz CT molecular complexity index is 653. The fraction of sp³-hybridized carbons (Fsp3) is 0.286. The van der Waals surface area contributed by atoms with Gasteiger partial charge in [0.1, 0.15) is 0 Å². The van der Waals surface area contributed by atoms with Crippen LogP contribution in [-0.2, 0) is 9.53 Å². The van der Waals surface area contributed by atoms with E-state index in [4.69, 9.17) is 5.73 Å². The van der Waals surface area contributed by atoms with E-state index in [9.17, 15) is 18.0 Å². The van der Waals surface area contributed by atoms with Gasteiger partial charge >= 0.3 is 12.1 Å². The van der Waals surface area contributed by atoms with Crippen molar-refractivity contribution in [2.24, 2.45) is 5.73 Å². The third-order valence-electron chi connectivity index (χ3n) is 3.37. The average molecular weight is 313 g/mol. The lowest BCUT2D eigenvalue weighted by Gasteiger charge is -2.35. The van der Waals surface area contributed by atoms with Gasteiger partial charge in [-0.15, -0.1) is 0 Å². The van der Waals surface area contributed by atoms with Gasteiger partial charge in [0.05, 0.1) is 18.4 Å². The van der Waals surface area contributed by atoms with Crippen molar-refractivity contribution in [2.45, 2.75) is 18.6 Å². The first kappa shape index (κ1) is 15.9. The number of pyridine rings is 1. The SMILES string of the molecule is COC(=O)C1(C)NC(c2cccnc2)=C(C(F)(F)F)C=C1N. The molecule has 0 amide bonds. The Morgan fingerprint density at radius 2 is 2.14 bits per heavy atom. The Labute approximate surface area is 124 Å². The lowest BCUT2D eigenvalue weighted by atomic mass is 9.89. The summed E-state index contributed by atoms with van der Waals surface area (Å²) >= 11 is 0. The van der Waals surface area contributed by atoms with E-state index in [1.54, 1.807) is 0 Å². The van der Waals surface area contributed by atoms with Crippen molar-refractivity contribution in [2.75, 3.05) is 7.11 Å². The fourth-order valence-electron chi connectivity index (χ4n) is 2.10. The Morgan fingerprint density at radius 1 is 1.45 bits per heavy atom. The largest absolute Gasteiger partial charge is 0.467 e. The van der Waals surface area contributed by atoms with Crippen molar-refractivity contribution in [3.8, 4) is 0 Å². The fourth-order valence-corrected chi connectivity index (χ4v) is 2.10. The summed E-state index contributed by atoms with van der Waals surface area (Å²) in [6, 6.07) is 2.95. The van der Waals surface area contributed by atoms with Crippen LogP contribution in [0.2, 0.25) is 0 Å². The third kappa shape index (κ3) is 2.63. The van der Waals surface area contributed by atoms with Crippen molar-refractivity contribution < 1.29 is 22.7 Å². The molecule has 1 atom stereocenters. The van der Waals surface area contributed by atoms with Crippen LogP contribution in [0.5, 0.6) is 0 Å². The number of nitrogens with zero attached hydrogens (tertiary/aromatic N) is 1. The number of hydrogen-bond donors (Lipinski definition) is 2. The van der Waals surface area contributed by atoms with Gasteiger partial charge < -0.3 is 15.8 Å². The van der Waals surface area contributed by atoms with Gasteiger partial charge in [0.15, 0.2) is 5.54 Å². The topological polar surface area (TPSA) is 77.2 Å². The maximum Gasteiger partial charge on any atom is 0.418 e. The van der Waals surface area contributed by atoms with Crippen molar-refractivity contribution in [1.82, 2.24) is 10.3 Å². The summed E-state index contributed by atoms with van der Waals surface area (Å²) in [4.78, 5) is 15.7. The number of ether oxygens (including phenoxy) is 1. The number of allylic oxidation sites excluding steroid dienone is 2. The van der Waals surface area contributed by atoms with Crippen molar-refractivity contribution in [3.05, 3.63) is 47.4 Å². The molecule has 0 fully saturated rings. The van der Waals surface area contributed by atoms with E-state index in [0.29, 0.717) is 0 Å². The minimum absolute atomic E-state index is 0.189. The molecule has 22 heavy (non-hydrogen) atoms. The molecule has 5 nitrogen and oxygen atoms in total. The molecular formula is C14H14F3N3O2. The van der Waals surface area contributed by atoms with E-state index >= 15 is 0 Å². The van der Waals surface area contributed by atoms with Crippen LogP contribution in [0.1, 0.15) is 12.5 Å². The first-order valence-corrected chi connectivity index (χ1v) is 6.26. The van der Waals surface area contributed by atoms with Crippen LogP contribution >= 0.6 is 0 Å². The Hall–Kier alpha value is -2.51. The summed E-state index contributed by atoms with van der Waals surface area (Å²) in [5, 5.41) is 2.56. The molecule has 0 spiro atoms. The molecule has 0 bridgehead atoms. The summed E-state index contributed by atoms with van der Waals surface area (Å²) in [7, 11) is 1.13. The molecule has 2 heterocycles. The van der Waals surface area contributed by atoms with Gasteiger partial charge in [-0.2, -0.15) is 13.2 Å². The molecule has 8 heteroatoms. The molecular weight excluding hydrogens is 299 g/mol. The van der Waals surface area contributed by atoms with E-state index in [1.165, 1.54) is 31.5 Å². The smallest absolute Gasteiger partial charge is 0.418 e. The summed E-state index contributed by atoms with van der Waals surface area (Å²) in [6.45, 7) is 1.36. The summed E-state index contributed by atoms with van der Waals surface area (Å²) < 4.78 is 44.4. The van der Waals surface area contributed by atoms with Crippen LogP contribution in [0.4, 0.5) is 13.2 Å². The highest BCUT2D eigenvalue weighted by Crippen LogP contribution is 2.38. The number of alkyl halides is 3. The normalized spacial score (nSPS) is 22.0. The molecule has 1 aliphatic rings. The number of methoxy groups -OCH3 is 1. The average Bonchev–Trinajstić information content (AvgIpc) is 2.48. The third-order valence-corrected chi connectivity index (χ3v) is 3.37. The molecule has 1 aromatic heterocycles. The zero-order valence-corrected chi connectivity index (χ0v) is 11.9. The van der Waals surface area contributed by atoms with Crippen molar-refractivity contribution in [1.29, 1.82) is 0 Å². The number of rotatable bonds is 2. The second-order valence-electron chi connectivity index (χ2n) is 4.87. The molecule has 0 saturated heterocycles. The second-order valence-corrected chi connectivity index (χ2v) is 4.87. The van der Waals surface area contributed by atoms with Gasteiger partial charge in [0.2, 0.25) is 0 Å². The molecule has 3 N–H and O–H groups in total.